The molecule has 0 spiro atoms. The lowest BCUT2D eigenvalue weighted by atomic mass is 9.82. The molecule has 1 aromatic heterocycles. The summed E-state index contributed by atoms with van der Waals surface area (Å²) in [6, 6.07) is 43.9. The van der Waals surface area contributed by atoms with E-state index in [0.717, 1.165) is 40.0 Å². The van der Waals surface area contributed by atoms with Gasteiger partial charge in [-0.05, 0) is 79.9 Å². The Bertz CT molecular complexity index is 2260. The summed E-state index contributed by atoms with van der Waals surface area (Å²) >= 11 is 0. The van der Waals surface area contributed by atoms with E-state index in [1.807, 2.05) is 0 Å². The van der Waals surface area contributed by atoms with Crippen molar-refractivity contribution in [2.24, 2.45) is 0 Å². The van der Waals surface area contributed by atoms with Crippen LogP contribution in [-0.4, -0.2) is 9.97 Å². The Labute approximate surface area is 245 Å². The van der Waals surface area contributed by atoms with Crippen molar-refractivity contribution < 1.29 is 0 Å². The van der Waals surface area contributed by atoms with Gasteiger partial charge in [-0.1, -0.05) is 117 Å². The van der Waals surface area contributed by atoms with Gasteiger partial charge in [0.05, 0.1) is 11.2 Å². The van der Waals surface area contributed by atoms with Gasteiger partial charge in [0, 0.05) is 21.9 Å². The van der Waals surface area contributed by atoms with Crippen LogP contribution in [0, 0.1) is 0 Å². The van der Waals surface area contributed by atoms with Crippen molar-refractivity contribution in [2.75, 3.05) is 0 Å². The molecule has 0 N–H and O–H groups in total. The normalized spacial score (nSPS) is 14.0. The van der Waals surface area contributed by atoms with Crippen LogP contribution in [0.5, 0.6) is 0 Å². The Hall–Kier alpha value is -5.08. The van der Waals surface area contributed by atoms with Gasteiger partial charge in [-0.3, -0.25) is 0 Å². The molecule has 0 atom stereocenters. The van der Waals surface area contributed by atoms with Crippen LogP contribution < -0.4 is 0 Å². The molecule has 1 heterocycles. The van der Waals surface area contributed by atoms with E-state index in [1.54, 1.807) is 0 Å². The van der Waals surface area contributed by atoms with Crippen molar-refractivity contribution in [2.45, 2.75) is 25.7 Å². The Morgan fingerprint density at radius 3 is 2.26 bits per heavy atom. The molecule has 0 radical (unpaired) electrons. The minimum atomic E-state index is 0.00174. The third-order valence-electron chi connectivity index (χ3n) is 9.47. The summed E-state index contributed by atoms with van der Waals surface area (Å²) in [4.78, 5) is 10.3. The van der Waals surface area contributed by atoms with E-state index in [4.69, 9.17) is 9.97 Å². The molecule has 0 bridgehead atoms. The average molecular weight is 537 g/mol. The second kappa shape index (κ2) is 8.47. The maximum Gasteiger partial charge on any atom is 0.160 e. The lowest BCUT2D eigenvalue weighted by Gasteiger charge is -2.21. The number of para-hydroxylation sites is 1. The Balaban J connectivity index is 1.20. The van der Waals surface area contributed by atoms with Crippen LogP contribution in [0.2, 0.25) is 0 Å². The van der Waals surface area contributed by atoms with Crippen LogP contribution in [0.4, 0.5) is 0 Å². The Kier molecular flexibility index (Phi) is 4.76. The monoisotopic (exact) mass is 536 g/mol. The minimum Gasteiger partial charge on any atom is -0.228 e. The zero-order valence-electron chi connectivity index (χ0n) is 23.6. The number of rotatable bonds is 2. The minimum absolute atomic E-state index is 0.00174. The third-order valence-corrected chi connectivity index (χ3v) is 9.47. The molecule has 42 heavy (non-hydrogen) atoms. The summed E-state index contributed by atoms with van der Waals surface area (Å²) < 4.78 is 0. The number of hydrogen-bond acceptors (Lipinski definition) is 2. The van der Waals surface area contributed by atoms with Crippen LogP contribution in [0.25, 0.3) is 66.6 Å². The SMILES string of the molecule is CC1(C)c2ccccc2-c2c1ccc1c2-c2ccc(-c3nc(-c4ccc5ccccc5c4)c4ccccc4n3)cc2C1. The van der Waals surface area contributed by atoms with E-state index < -0.39 is 0 Å². The highest BCUT2D eigenvalue weighted by atomic mass is 14.9. The fourth-order valence-electron chi connectivity index (χ4n) is 7.38. The molecule has 7 aromatic rings. The lowest BCUT2D eigenvalue weighted by molar-refractivity contribution is 0.660. The number of benzene rings is 6. The zero-order valence-corrected chi connectivity index (χ0v) is 23.6. The summed E-state index contributed by atoms with van der Waals surface area (Å²) in [5.41, 5.74) is 15.3. The molecule has 0 unspecified atom stereocenters. The van der Waals surface area contributed by atoms with E-state index in [-0.39, 0.29) is 5.41 Å². The highest BCUT2D eigenvalue weighted by Gasteiger charge is 2.38. The van der Waals surface area contributed by atoms with Gasteiger partial charge in [0.1, 0.15) is 0 Å². The van der Waals surface area contributed by atoms with Crippen LogP contribution in [0.15, 0.2) is 121 Å². The van der Waals surface area contributed by atoms with Crippen LogP contribution in [0.3, 0.4) is 0 Å². The predicted octanol–water partition coefficient (Wildman–Crippen LogP) is 9.99. The van der Waals surface area contributed by atoms with Crippen molar-refractivity contribution in [3.63, 3.8) is 0 Å². The Morgan fingerprint density at radius 2 is 1.33 bits per heavy atom. The maximum atomic E-state index is 5.22. The number of fused-ring (bicyclic) bond motifs is 9. The zero-order chi connectivity index (χ0) is 28.0. The largest absolute Gasteiger partial charge is 0.228 e. The molecule has 9 rings (SSSR count). The highest BCUT2D eigenvalue weighted by Crippen LogP contribution is 2.55. The molecular weight excluding hydrogens is 508 g/mol. The van der Waals surface area contributed by atoms with Crippen LogP contribution in [-0.2, 0) is 11.8 Å². The van der Waals surface area contributed by atoms with Crippen molar-refractivity contribution in [1.29, 1.82) is 0 Å². The highest BCUT2D eigenvalue weighted by molar-refractivity contribution is 5.99. The second-order valence-electron chi connectivity index (χ2n) is 12.2. The first-order chi connectivity index (χ1) is 20.6. The number of aromatic nitrogens is 2. The van der Waals surface area contributed by atoms with Crippen LogP contribution >= 0.6 is 0 Å². The van der Waals surface area contributed by atoms with E-state index in [9.17, 15) is 0 Å². The van der Waals surface area contributed by atoms with E-state index in [1.165, 1.54) is 55.3 Å². The lowest BCUT2D eigenvalue weighted by Crippen LogP contribution is -2.14. The molecule has 198 valence electrons. The molecule has 2 aliphatic rings. The molecule has 0 saturated heterocycles. The quantitative estimate of drug-likeness (QED) is 0.220. The first kappa shape index (κ1) is 23.6. The van der Waals surface area contributed by atoms with E-state index in [2.05, 4.69) is 135 Å². The summed E-state index contributed by atoms with van der Waals surface area (Å²) in [6.07, 6.45) is 0.930. The van der Waals surface area contributed by atoms with Gasteiger partial charge < -0.3 is 0 Å². The summed E-state index contributed by atoms with van der Waals surface area (Å²) in [7, 11) is 0. The summed E-state index contributed by atoms with van der Waals surface area (Å²) in [6.45, 7) is 4.71. The van der Waals surface area contributed by atoms with E-state index >= 15 is 0 Å². The van der Waals surface area contributed by atoms with Crippen molar-refractivity contribution in [3.8, 4) is 44.9 Å². The van der Waals surface area contributed by atoms with E-state index in [0.29, 0.717) is 0 Å². The Morgan fingerprint density at radius 1 is 0.548 bits per heavy atom. The van der Waals surface area contributed by atoms with Gasteiger partial charge in [0.25, 0.3) is 0 Å². The molecule has 6 aromatic carbocycles. The summed E-state index contributed by atoms with van der Waals surface area (Å²) in [5, 5.41) is 3.52. The smallest absolute Gasteiger partial charge is 0.160 e. The first-order valence-corrected chi connectivity index (χ1v) is 14.7. The van der Waals surface area contributed by atoms with Gasteiger partial charge >= 0.3 is 0 Å². The average Bonchev–Trinajstić information content (AvgIpc) is 3.52. The van der Waals surface area contributed by atoms with Gasteiger partial charge in [-0.15, -0.1) is 0 Å². The van der Waals surface area contributed by atoms with Crippen LogP contribution in [0.1, 0.15) is 36.1 Å². The topological polar surface area (TPSA) is 25.8 Å². The number of nitrogens with zero attached hydrogens (tertiary/aromatic N) is 2. The van der Waals surface area contributed by atoms with Gasteiger partial charge in [-0.2, -0.15) is 0 Å². The standard InChI is InChI=1S/C40H28N2/c1-40(2)33-13-7-5-11-31(33)37-34(40)20-18-26-22-29-23-28(17-19-30(29)36(26)37)39-41-35-14-8-6-12-32(35)38(42-39)27-16-15-24-9-3-4-10-25(24)21-27/h3-21,23H,22H2,1-2H3. The fourth-order valence-corrected chi connectivity index (χ4v) is 7.38. The molecular formula is C40H28N2. The number of hydrogen-bond donors (Lipinski definition) is 0. The maximum absolute atomic E-state index is 5.22. The fraction of sp³-hybridized carbons (Fsp3) is 0.100. The molecule has 0 aliphatic heterocycles. The van der Waals surface area contributed by atoms with Crippen molar-refractivity contribution in [1.82, 2.24) is 9.97 Å². The molecule has 0 fully saturated rings. The third kappa shape index (κ3) is 3.27. The predicted molar refractivity (Wildman–Crippen MR) is 174 cm³/mol. The molecule has 2 nitrogen and oxygen atoms in total. The molecule has 0 saturated carbocycles. The van der Waals surface area contributed by atoms with Gasteiger partial charge in [0.15, 0.2) is 5.82 Å². The van der Waals surface area contributed by atoms with Crippen molar-refractivity contribution >= 4 is 21.7 Å². The van der Waals surface area contributed by atoms with Crippen molar-refractivity contribution in [3.05, 3.63) is 144 Å². The second-order valence-corrected chi connectivity index (χ2v) is 12.2. The molecule has 2 heteroatoms. The van der Waals surface area contributed by atoms with Gasteiger partial charge in [0.2, 0.25) is 0 Å². The first-order valence-electron chi connectivity index (χ1n) is 14.7. The van der Waals surface area contributed by atoms with Gasteiger partial charge in [-0.25, -0.2) is 9.97 Å². The summed E-state index contributed by atoms with van der Waals surface area (Å²) in [5.74, 6) is 0.771. The molecule has 2 aliphatic carbocycles. The molecule has 0 amide bonds.